The van der Waals surface area contributed by atoms with Crippen LogP contribution in [-0.4, -0.2) is 29.1 Å². The zero-order valence-electron chi connectivity index (χ0n) is 12.1. The molecule has 0 aromatic carbocycles. The second kappa shape index (κ2) is 9.55. The highest BCUT2D eigenvalue weighted by Crippen LogP contribution is 2.08. The van der Waals surface area contributed by atoms with Crippen LogP contribution in [0.5, 0.6) is 0 Å². The number of nitrogens with one attached hydrogen (secondary N) is 1. The summed E-state index contributed by atoms with van der Waals surface area (Å²) in [5.41, 5.74) is 5.58. The molecule has 0 saturated carbocycles. The van der Waals surface area contributed by atoms with Crippen molar-refractivity contribution in [3.63, 3.8) is 0 Å². The molecule has 1 amide bonds. The Hall–Kier alpha value is -1.36. The lowest BCUT2D eigenvalue weighted by molar-refractivity contribution is -0.143. The molecule has 4 N–H and O–H groups in total. The number of carbonyl (C=O) groups is 2. The van der Waals surface area contributed by atoms with Crippen molar-refractivity contribution in [3.05, 3.63) is 12.2 Å². The van der Waals surface area contributed by atoms with Crippen LogP contribution in [0.3, 0.4) is 0 Å². The van der Waals surface area contributed by atoms with Crippen LogP contribution in [0.4, 0.5) is 0 Å². The van der Waals surface area contributed by atoms with Gasteiger partial charge in [0.2, 0.25) is 5.91 Å². The Labute approximate surface area is 115 Å². The minimum atomic E-state index is -1.04. The van der Waals surface area contributed by atoms with Crippen LogP contribution in [0, 0.1) is 5.92 Å². The van der Waals surface area contributed by atoms with Gasteiger partial charge < -0.3 is 16.2 Å². The van der Waals surface area contributed by atoms with Gasteiger partial charge in [-0.2, -0.15) is 0 Å². The molecule has 0 aromatic heterocycles. The van der Waals surface area contributed by atoms with Crippen LogP contribution in [0.15, 0.2) is 12.2 Å². The van der Waals surface area contributed by atoms with E-state index < -0.39 is 24.0 Å². The molecule has 0 fully saturated rings. The first-order valence-corrected chi connectivity index (χ1v) is 6.89. The van der Waals surface area contributed by atoms with Crippen LogP contribution in [0.2, 0.25) is 0 Å². The summed E-state index contributed by atoms with van der Waals surface area (Å²) in [6, 6.07) is -1.58. The van der Waals surface area contributed by atoms with E-state index in [1.165, 1.54) is 0 Å². The Bertz CT molecular complexity index is 316. The molecule has 5 nitrogen and oxygen atoms in total. The lowest BCUT2D eigenvalue weighted by Gasteiger charge is -2.20. The third kappa shape index (κ3) is 6.96. The van der Waals surface area contributed by atoms with Gasteiger partial charge in [0.05, 0.1) is 6.04 Å². The average Bonchev–Trinajstić information content (AvgIpc) is 2.38. The molecular formula is C14H26N2O3. The van der Waals surface area contributed by atoms with Crippen molar-refractivity contribution in [2.45, 2.75) is 58.5 Å². The molecule has 0 radical (unpaired) electrons. The van der Waals surface area contributed by atoms with Gasteiger partial charge in [0.25, 0.3) is 0 Å². The Balaban J connectivity index is 4.51. The average molecular weight is 270 g/mol. The normalized spacial score (nSPS) is 16.0. The summed E-state index contributed by atoms with van der Waals surface area (Å²) in [5, 5.41) is 11.7. The first-order chi connectivity index (χ1) is 8.93. The molecule has 0 aromatic rings. The number of unbranched alkanes of at least 4 members (excludes halogenated alkanes) is 2. The maximum Gasteiger partial charge on any atom is 0.326 e. The summed E-state index contributed by atoms with van der Waals surface area (Å²) in [7, 11) is 0. The number of nitrogens with two attached hydrogens (primary N) is 1. The smallest absolute Gasteiger partial charge is 0.326 e. The van der Waals surface area contributed by atoms with E-state index in [-0.39, 0.29) is 5.92 Å². The van der Waals surface area contributed by atoms with Crippen LogP contribution in [-0.2, 0) is 9.59 Å². The molecule has 0 saturated heterocycles. The van der Waals surface area contributed by atoms with E-state index in [9.17, 15) is 9.59 Å². The minimum Gasteiger partial charge on any atom is -0.480 e. The number of aliphatic carboxylic acids is 1. The van der Waals surface area contributed by atoms with E-state index >= 15 is 0 Å². The topological polar surface area (TPSA) is 92.4 Å². The molecule has 0 heterocycles. The van der Waals surface area contributed by atoms with Crippen molar-refractivity contribution in [1.82, 2.24) is 5.32 Å². The molecule has 0 aliphatic rings. The maximum atomic E-state index is 11.6. The fraction of sp³-hybridized carbons (Fsp3) is 0.714. The molecule has 3 atom stereocenters. The van der Waals surface area contributed by atoms with Gasteiger partial charge in [-0.05, 0) is 12.8 Å². The zero-order chi connectivity index (χ0) is 14.8. The van der Waals surface area contributed by atoms with Gasteiger partial charge in [-0.25, -0.2) is 4.79 Å². The number of allylic oxidation sites excluding steroid dienone is 1. The molecule has 2 unspecified atom stereocenters. The van der Waals surface area contributed by atoms with Crippen molar-refractivity contribution >= 4 is 11.9 Å². The highest BCUT2D eigenvalue weighted by atomic mass is 16.4. The predicted octanol–water partition coefficient (Wildman–Crippen LogP) is 1.68. The third-order valence-corrected chi connectivity index (χ3v) is 3.03. The predicted molar refractivity (Wildman–Crippen MR) is 75.7 cm³/mol. The van der Waals surface area contributed by atoms with E-state index in [0.717, 1.165) is 19.3 Å². The van der Waals surface area contributed by atoms with Gasteiger partial charge in [0.1, 0.15) is 6.04 Å². The third-order valence-electron chi connectivity index (χ3n) is 3.03. The molecule has 0 rings (SSSR count). The van der Waals surface area contributed by atoms with Gasteiger partial charge in [-0.1, -0.05) is 45.8 Å². The monoisotopic (exact) mass is 270 g/mol. The highest BCUT2D eigenvalue weighted by Gasteiger charge is 2.26. The molecule has 0 spiro atoms. The molecule has 5 heteroatoms. The summed E-state index contributed by atoms with van der Waals surface area (Å²) < 4.78 is 0. The van der Waals surface area contributed by atoms with Crippen LogP contribution in [0.25, 0.3) is 0 Å². The SMILES string of the molecule is CCCC/C=C\C(C)C(NC(=O)[C@@H](N)CC)C(=O)O. The van der Waals surface area contributed by atoms with Gasteiger partial charge >= 0.3 is 5.97 Å². The number of carbonyl (C=O) groups excluding carboxylic acids is 1. The summed E-state index contributed by atoms with van der Waals surface area (Å²) in [6.45, 7) is 5.66. The van der Waals surface area contributed by atoms with Crippen LogP contribution >= 0.6 is 0 Å². The molecule has 0 bridgehead atoms. The van der Waals surface area contributed by atoms with Crippen LogP contribution in [0.1, 0.15) is 46.5 Å². The van der Waals surface area contributed by atoms with Gasteiger partial charge in [-0.15, -0.1) is 0 Å². The van der Waals surface area contributed by atoms with Crippen molar-refractivity contribution in [2.24, 2.45) is 11.7 Å². The lowest BCUT2D eigenvalue weighted by Crippen LogP contribution is -2.50. The molecule has 110 valence electrons. The van der Waals surface area contributed by atoms with E-state index in [2.05, 4.69) is 12.2 Å². The summed E-state index contributed by atoms with van der Waals surface area (Å²) >= 11 is 0. The maximum absolute atomic E-state index is 11.6. The number of rotatable bonds is 9. The quantitative estimate of drug-likeness (QED) is 0.439. The summed E-state index contributed by atoms with van der Waals surface area (Å²) in [5.74, 6) is -1.71. The van der Waals surface area contributed by atoms with Gasteiger partial charge in [-0.3, -0.25) is 4.79 Å². The van der Waals surface area contributed by atoms with Crippen molar-refractivity contribution < 1.29 is 14.7 Å². The number of hydrogen-bond donors (Lipinski definition) is 3. The molecule has 19 heavy (non-hydrogen) atoms. The van der Waals surface area contributed by atoms with E-state index in [1.807, 2.05) is 12.2 Å². The number of hydrogen-bond acceptors (Lipinski definition) is 3. The second-order valence-corrected chi connectivity index (χ2v) is 4.77. The fourth-order valence-electron chi connectivity index (χ4n) is 1.61. The Morgan fingerprint density at radius 1 is 1.37 bits per heavy atom. The molecule has 0 aliphatic heterocycles. The summed E-state index contributed by atoms with van der Waals surface area (Å²) in [6.07, 6.45) is 7.40. The minimum absolute atomic E-state index is 0.262. The number of amides is 1. The van der Waals surface area contributed by atoms with Gasteiger partial charge in [0.15, 0.2) is 0 Å². The highest BCUT2D eigenvalue weighted by molar-refractivity contribution is 5.87. The first kappa shape index (κ1) is 17.6. The molecular weight excluding hydrogens is 244 g/mol. The largest absolute Gasteiger partial charge is 0.480 e. The van der Waals surface area contributed by atoms with Crippen LogP contribution < -0.4 is 11.1 Å². The summed E-state index contributed by atoms with van der Waals surface area (Å²) in [4.78, 5) is 22.8. The standard InChI is InChI=1S/C14H26N2O3/c1-4-6-7-8-9-10(3)12(14(18)19)16-13(17)11(15)5-2/h8-12H,4-7,15H2,1-3H3,(H,16,17)(H,18,19)/b9-8-/t10?,11-,12?/m0/s1. The number of carboxylic acids is 1. The van der Waals surface area contributed by atoms with E-state index in [1.54, 1.807) is 13.8 Å². The Morgan fingerprint density at radius 2 is 2.00 bits per heavy atom. The Kier molecular flexibility index (Phi) is 8.87. The first-order valence-electron chi connectivity index (χ1n) is 6.89. The van der Waals surface area contributed by atoms with Crippen molar-refractivity contribution in [3.8, 4) is 0 Å². The fourth-order valence-corrected chi connectivity index (χ4v) is 1.61. The van der Waals surface area contributed by atoms with Gasteiger partial charge in [0, 0.05) is 5.92 Å². The lowest BCUT2D eigenvalue weighted by atomic mass is 10.00. The van der Waals surface area contributed by atoms with E-state index in [4.69, 9.17) is 10.8 Å². The zero-order valence-corrected chi connectivity index (χ0v) is 12.1. The van der Waals surface area contributed by atoms with Crippen molar-refractivity contribution in [1.29, 1.82) is 0 Å². The Morgan fingerprint density at radius 3 is 2.47 bits per heavy atom. The second-order valence-electron chi connectivity index (χ2n) is 4.77. The van der Waals surface area contributed by atoms with Crippen molar-refractivity contribution in [2.75, 3.05) is 0 Å². The number of carboxylic acid groups (broad SMARTS) is 1. The molecule has 0 aliphatic carbocycles. The van der Waals surface area contributed by atoms with E-state index in [0.29, 0.717) is 6.42 Å².